The zero-order chi connectivity index (χ0) is 18.4. The van der Waals surface area contributed by atoms with Crippen LogP contribution in [0, 0.1) is 33.5 Å². The molecule has 4 aliphatic carbocycles. The molecular formula is C23H32O2. The van der Waals surface area contributed by atoms with Gasteiger partial charge in [0.05, 0.1) is 0 Å². The van der Waals surface area contributed by atoms with Crippen molar-refractivity contribution in [1.29, 1.82) is 0 Å². The molecule has 4 bridgehead atoms. The first kappa shape index (κ1) is 17.2. The first-order valence-electron chi connectivity index (χ1n) is 9.98. The Bertz CT molecular complexity index is 673. The second-order valence-electron chi connectivity index (χ2n) is 10.5. The number of hydrogen-bond acceptors (Lipinski definition) is 2. The molecule has 136 valence electrons. The number of ketones is 2. The summed E-state index contributed by atoms with van der Waals surface area (Å²) < 4.78 is 0. The van der Waals surface area contributed by atoms with Gasteiger partial charge in [0.1, 0.15) is 0 Å². The number of carbonyl (C=O) groups excluding carboxylic acids is 2. The highest BCUT2D eigenvalue weighted by Gasteiger charge is 2.64. The average Bonchev–Trinajstić information content (AvgIpc) is 3.01. The van der Waals surface area contributed by atoms with Crippen LogP contribution in [0.3, 0.4) is 0 Å². The van der Waals surface area contributed by atoms with Gasteiger partial charge in [-0.3, -0.25) is 9.59 Å². The predicted octanol–water partition coefficient (Wildman–Crippen LogP) is 5.28. The Morgan fingerprint density at radius 3 is 1.40 bits per heavy atom. The first-order valence-corrected chi connectivity index (χ1v) is 9.98. The lowest BCUT2D eigenvalue weighted by Gasteiger charge is -2.31. The molecule has 0 aromatic rings. The van der Waals surface area contributed by atoms with E-state index in [9.17, 15) is 9.59 Å². The molecule has 4 aliphatic rings. The molecule has 4 fully saturated rings. The highest BCUT2D eigenvalue weighted by Crippen LogP contribution is 2.66. The van der Waals surface area contributed by atoms with Gasteiger partial charge in [0.2, 0.25) is 0 Å². The Kier molecular flexibility index (Phi) is 3.28. The van der Waals surface area contributed by atoms with Crippen molar-refractivity contribution in [2.75, 3.05) is 0 Å². The smallest absolute Gasteiger partial charge is 0.165 e. The van der Waals surface area contributed by atoms with Crippen LogP contribution >= 0.6 is 0 Å². The van der Waals surface area contributed by atoms with Crippen molar-refractivity contribution < 1.29 is 9.59 Å². The second-order valence-corrected chi connectivity index (χ2v) is 10.5. The average molecular weight is 341 g/mol. The molecule has 0 aromatic carbocycles. The van der Waals surface area contributed by atoms with Crippen molar-refractivity contribution in [3.63, 3.8) is 0 Å². The van der Waals surface area contributed by atoms with Crippen molar-refractivity contribution in [2.45, 2.75) is 73.6 Å². The lowest BCUT2D eigenvalue weighted by atomic mass is 9.70. The Labute approximate surface area is 152 Å². The molecule has 25 heavy (non-hydrogen) atoms. The summed E-state index contributed by atoms with van der Waals surface area (Å²) in [6.45, 7) is 13.3. The van der Waals surface area contributed by atoms with E-state index in [0.29, 0.717) is 23.4 Å². The maximum Gasteiger partial charge on any atom is 0.165 e. The number of rotatable bonds is 2. The van der Waals surface area contributed by atoms with Gasteiger partial charge in [0.25, 0.3) is 0 Å². The molecule has 2 heteroatoms. The summed E-state index contributed by atoms with van der Waals surface area (Å²) >= 11 is 0. The van der Waals surface area contributed by atoms with E-state index in [1.165, 1.54) is 0 Å². The zero-order valence-corrected chi connectivity index (χ0v) is 16.7. The fraction of sp³-hybridized carbons (Fsp3) is 0.739. The van der Waals surface area contributed by atoms with E-state index in [2.05, 4.69) is 53.7 Å². The summed E-state index contributed by atoms with van der Waals surface area (Å²) in [4.78, 5) is 25.8. The van der Waals surface area contributed by atoms with Crippen LogP contribution < -0.4 is 0 Å². The third-order valence-electron chi connectivity index (χ3n) is 9.41. The van der Waals surface area contributed by atoms with Crippen molar-refractivity contribution in [3.8, 4) is 0 Å². The van der Waals surface area contributed by atoms with Crippen LogP contribution in [0.25, 0.3) is 0 Å². The van der Waals surface area contributed by atoms with Crippen LogP contribution in [0.15, 0.2) is 23.3 Å². The maximum absolute atomic E-state index is 12.9. The minimum Gasteiger partial charge on any atom is -0.294 e. The lowest BCUT2D eigenvalue weighted by molar-refractivity contribution is -0.126. The van der Waals surface area contributed by atoms with Gasteiger partial charge >= 0.3 is 0 Å². The van der Waals surface area contributed by atoms with Gasteiger partial charge in [-0.05, 0) is 65.9 Å². The highest BCUT2D eigenvalue weighted by molar-refractivity contribution is 6.05. The summed E-state index contributed by atoms with van der Waals surface area (Å²) in [5.41, 5.74) is 1.85. The highest BCUT2D eigenvalue weighted by atomic mass is 16.1. The fourth-order valence-corrected chi connectivity index (χ4v) is 6.64. The van der Waals surface area contributed by atoms with Gasteiger partial charge in [0, 0.05) is 10.8 Å². The van der Waals surface area contributed by atoms with Gasteiger partial charge in [-0.2, -0.15) is 0 Å². The van der Waals surface area contributed by atoms with E-state index < -0.39 is 0 Å². The van der Waals surface area contributed by atoms with Gasteiger partial charge in [-0.1, -0.05) is 53.7 Å². The molecule has 4 rings (SSSR count). The first-order chi connectivity index (χ1) is 11.5. The van der Waals surface area contributed by atoms with Crippen LogP contribution in [0.2, 0.25) is 0 Å². The number of allylic oxidation sites excluding steroid dienone is 4. The van der Waals surface area contributed by atoms with E-state index in [1.807, 2.05) is 0 Å². The van der Waals surface area contributed by atoms with Crippen molar-refractivity contribution in [1.82, 2.24) is 0 Å². The Balaban J connectivity index is 1.60. The molecule has 0 aliphatic heterocycles. The fourth-order valence-electron chi connectivity index (χ4n) is 6.64. The molecule has 0 amide bonds. The number of fused-ring (bicyclic) bond motifs is 4. The topological polar surface area (TPSA) is 34.1 Å². The van der Waals surface area contributed by atoms with Crippen LogP contribution in [-0.4, -0.2) is 11.6 Å². The normalized spacial score (nSPS) is 46.8. The SMILES string of the molecule is CC1(C)[C@@H]2CC[C@@]1(C)C(=O)/C2=C\C/C=C1\C(=O)[C@@]2(C)CC[C@@H]1C2(C)C. The minimum atomic E-state index is -0.186. The minimum absolute atomic E-state index is 0.0702. The van der Waals surface area contributed by atoms with E-state index in [4.69, 9.17) is 0 Å². The largest absolute Gasteiger partial charge is 0.294 e. The molecule has 0 radical (unpaired) electrons. The van der Waals surface area contributed by atoms with Gasteiger partial charge < -0.3 is 0 Å². The Hall–Kier alpha value is -1.18. The van der Waals surface area contributed by atoms with Gasteiger partial charge in [-0.15, -0.1) is 0 Å². The monoisotopic (exact) mass is 340 g/mol. The van der Waals surface area contributed by atoms with E-state index in [1.54, 1.807) is 0 Å². The third kappa shape index (κ3) is 1.77. The van der Waals surface area contributed by atoms with E-state index >= 15 is 0 Å². The van der Waals surface area contributed by atoms with E-state index in [0.717, 1.165) is 43.3 Å². The zero-order valence-electron chi connectivity index (χ0n) is 16.7. The summed E-state index contributed by atoms with van der Waals surface area (Å²) in [7, 11) is 0. The standard InChI is InChI=1S/C23H32O2/c1-20(2)16-10-12-22(20,5)18(24)14(16)8-7-9-15-17-11-13-23(6,19(15)25)21(17,3)4/h8-9,16-17H,7,10-13H2,1-6H3/b14-8-,15-9-/t16-,17+,22+,23-. The molecule has 0 N–H and O–H groups in total. The Morgan fingerprint density at radius 1 is 0.760 bits per heavy atom. The molecule has 0 unspecified atom stereocenters. The van der Waals surface area contributed by atoms with Crippen molar-refractivity contribution >= 4 is 11.6 Å². The van der Waals surface area contributed by atoms with Crippen molar-refractivity contribution in [2.24, 2.45) is 33.5 Å². The molecule has 4 atom stereocenters. The van der Waals surface area contributed by atoms with Crippen LogP contribution in [0.4, 0.5) is 0 Å². The molecule has 4 saturated carbocycles. The summed E-state index contributed by atoms with van der Waals surface area (Å²) in [6.07, 6.45) is 9.31. The van der Waals surface area contributed by atoms with E-state index in [-0.39, 0.29) is 21.7 Å². The lowest BCUT2D eigenvalue weighted by Crippen LogP contribution is -2.32. The molecule has 0 spiro atoms. The van der Waals surface area contributed by atoms with Gasteiger partial charge in [0.15, 0.2) is 11.6 Å². The summed E-state index contributed by atoms with van der Waals surface area (Å²) in [5, 5.41) is 0. The molecule has 0 saturated heterocycles. The summed E-state index contributed by atoms with van der Waals surface area (Å²) in [6, 6.07) is 0. The number of Topliss-reactive ketones (excluding diaryl/α,β-unsaturated/α-hetero) is 2. The maximum atomic E-state index is 12.9. The Morgan fingerprint density at radius 2 is 1.12 bits per heavy atom. The molecule has 2 nitrogen and oxygen atoms in total. The third-order valence-corrected chi connectivity index (χ3v) is 9.41. The quantitative estimate of drug-likeness (QED) is 0.641. The predicted molar refractivity (Wildman–Crippen MR) is 100 cm³/mol. The van der Waals surface area contributed by atoms with Crippen LogP contribution in [0.1, 0.15) is 73.6 Å². The van der Waals surface area contributed by atoms with Crippen molar-refractivity contribution in [3.05, 3.63) is 23.3 Å². The molecule has 0 heterocycles. The van der Waals surface area contributed by atoms with Gasteiger partial charge in [-0.25, -0.2) is 0 Å². The molecular weight excluding hydrogens is 308 g/mol. The second kappa shape index (κ2) is 4.75. The number of carbonyl (C=O) groups is 2. The molecule has 0 aromatic heterocycles. The summed E-state index contributed by atoms with van der Waals surface area (Å²) in [5.74, 6) is 1.51. The van der Waals surface area contributed by atoms with Crippen LogP contribution in [0.5, 0.6) is 0 Å². The van der Waals surface area contributed by atoms with Crippen LogP contribution in [-0.2, 0) is 9.59 Å². The number of hydrogen-bond donors (Lipinski definition) is 0.